The number of para-hydroxylation sites is 1. The Morgan fingerprint density at radius 1 is 0.955 bits per heavy atom. The van der Waals surface area contributed by atoms with Crippen molar-refractivity contribution in [2.75, 3.05) is 6.54 Å². The quantitative estimate of drug-likeness (QED) is 0.869. The van der Waals surface area contributed by atoms with E-state index in [0.29, 0.717) is 0 Å². The fourth-order valence-electron chi connectivity index (χ4n) is 6.12. The van der Waals surface area contributed by atoms with Gasteiger partial charge in [0.1, 0.15) is 0 Å². The van der Waals surface area contributed by atoms with Crippen LogP contribution in [0.1, 0.15) is 37.7 Å². The minimum atomic E-state index is 0.943. The second-order valence-corrected chi connectivity index (χ2v) is 8.14. The van der Waals surface area contributed by atoms with Crippen molar-refractivity contribution >= 4 is 10.9 Å². The fourth-order valence-corrected chi connectivity index (χ4v) is 6.12. The summed E-state index contributed by atoms with van der Waals surface area (Å²) in [5.41, 5.74) is 2.78. The summed E-state index contributed by atoms with van der Waals surface area (Å²) < 4.78 is 0. The highest BCUT2D eigenvalue weighted by atomic mass is 14.9. The van der Waals surface area contributed by atoms with Gasteiger partial charge in [-0.1, -0.05) is 18.2 Å². The van der Waals surface area contributed by atoms with Crippen LogP contribution in [-0.4, -0.2) is 17.6 Å². The Labute approximate surface area is 132 Å². The van der Waals surface area contributed by atoms with Gasteiger partial charge in [0.2, 0.25) is 0 Å². The molecule has 0 radical (unpaired) electrons. The summed E-state index contributed by atoms with van der Waals surface area (Å²) in [6, 6.07) is 9.65. The van der Waals surface area contributed by atoms with Gasteiger partial charge in [-0.2, -0.15) is 0 Å². The second kappa shape index (κ2) is 5.13. The second-order valence-electron chi connectivity index (χ2n) is 8.14. The zero-order valence-electron chi connectivity index (χ0n) is 13.3. The number of nitrogens with one attached hydrogen (secondary N) is 1. The number of aromatic nitrogens is 1. The molecule has 3 N–H and O–H groups in total. The number of nitrogens with two attached hydrogens (primary N) is 1. The zero-order valence-corrected chi connectivity index (χ0v) is 13.3. The monoisotopic (exact) mass is 295 g/mol. The summed E-state index contributed by atoms with van der Waals surface area (Å²) in [4.78, 5) is 3.41. The van der Waals surface area contributed by atoms with E-state index in [-0.39, 0.29) is 0 Å². The molecule has 4 fully saturated rings. The highest BCUT2D eigenvalue weighted by Crippen LogP contribution is 2.52. The van der Waals surface area contributed by atoms with Gasteiger partial charge in [-0.25, -0.2) is 0 Å². The first-order valence-electron chi connectivity index (χ1n) is 9.25. The SMILES string of the molecule is c1ccc2c(CC[NH2+]C3C4CC5CC(C4)CC3C5)c[nH]c2c1. The molecule has 2 aromatic rings. The van der Waals surface area contributed by atoms with Crippen LogP contribution in [-0.2, 0) is 6.42 Å². The van der Waals surface area contributed by atoms with E-state index in [4.69, 9.17) is 0 Å². The standard InChI is InChI=1S/C20H26N2/c1-2-4-19-18(3-1)15(12-22-19)5-6-21-20-16-8-13-7-14(10-16)11-17(20)9-13/h1-4,12-14,16-17,20-22H,5-11H2/p+1. The molecule has 6 rings (SSSR count). The normalized spacial score (nSPS) is 36.3. The largest absolute Gasteiger partial charge is 0.361 e. The Kier molecular flexibility index (Phi) is 3.07. The lowest BCUT2D eigenvalue weighted by atomic mass is 9.54. The Hall–Kier alpha value is -1.28. The minimum absolute atomic E-state index is 0.943. The Morgan fingerprint density at radius 3 is 2.45 bits per heavy atom. The van der Waals surface area contributed by atoms with Gasteiger partial charge in [0, 0.05) is 35.4 Å². The third-order valence-corrected chi connectivity index (χ3v) is 6.83. The number of hydrogen-bond acceptors (Lipinski definition) is 0. The molecular weight excluding hydrogens is 268 g/mol. The minimum Gasteiger partial charge on any atom is -0.361 e. The van der Waals surface area contributed by atoms with Crippen LogP contribution in [0.5, 0.6) is 0 Å². The number of rotatable bonds is 4. The molecule has 1 heterocycles. The van der Waals surface area contributed by atoms with E-state index in [1.165, 1.54) is 29.4 Å². The zero-order chi connectivity index (χ0) is 14.5. The number of hydrogen-bond donors (Lipinski definition) is 2. The molecule has 0 amide bonds. The van der Waals surface area contributed by atoms with Crippen LogP contribution in [0.25, 0.3) is 10.9 Å². The van der Waals surface area contributed by atoms with Crippen LogP contribution >= 0.6 is 0 Å². The molecule has 0 atom stereocenters. The van der Waals surface area contributed by atoms with Gasteiger partial charge in [0.25, 0.3) is 0 Å². The van der Waals surface area contributed by atoms with Gasteiger partial charge in [-0.05, 0) is 55.6 Å². The van der Waals surface area contributed by atoms with E-state index in [2.05, 4.69) is 40.8 Å². The molecule has 0 unspecified atom stereocenters. The lowest BCUT2D eigenvalue weighted by molar-refractivity contribution is -0.708. The first-order valence-corrected chi connectivity index (χ1v) is 9.25. The molecule has 1 aromatic carbocycles. The lowest BCUT2D eigenvalue weighted by Crippen LogP contribution is -2.94. The Bertz CT molecular complexity index is 643. The maximum absolute atomic E-state index is 3.41. The van der Waals surface area contributed by atoms with Crippen molar-refractivity contribution in [1.29, 1.82) is 0 Å². The van der Waals surface area contributed by atoms with Crippen molar-refractivity contribution in [1.82, 2.24) is 4.98 Å². The van der Waals surface area contributed by atoms with E-state index in [1.54, 1.807) is 32.1 Å². The summed E-state index contributed by atoms with van der Waals surface area (Å²) >= 11 is 0. The van der Waals surface area contributed by atoms with Gasteiger partial charge in [-0.15, -0.1) is 0 Å². The van der Waals surface area contributed by atoms with Crippen LogP contribution < -0.4 is 5.32 Å². The van der Waals surface area contributed by atoms with Crippen LogP contribution in [0.4, 0.5) is 0 Å². The third-order valence-electron chi connectivity index (χ3n) is 6.83. The van der Waals surface area contributed by atoms with E-state index < -0.39 is 0 Å². The summed E-state index contributed by atoms with van der Waals surface area (Å²) in [6.07, 6.45) is 11.2. The molecule has 0 aliphatic heterocycles. The molecule has 4 saturated carbocycles. The molecular formula is C20H27N2+. The van der Waals surface area contributed by atoms with Crippen molar-refractivity contribution in [3.8, 4) is 0 Å². The van der Waals surface area contributed by atoms with E-state index in [0.717, 1.165) is 29.7 Å². The van der Waals surface area contributed by atoms with E-state index in [9.17, 15) is 0 Å². The van der Waals surface area contributed by atoms with Crippen LogP contribution in [0.3, 0.4) is 0 Å². The topological polar surface area (TPSA) is 32.4 Å². The average molecular weight is 295 g/mol. The molecule has 2 heteroatoms. The molecule has 4 aliphatic rings. The van der Waals surface area contributed by atoms with Gasteiger partial charge in [-0.3, -0.25) is 0 Å². The first-order chi connectivity index (χ1) is 10.9. The number of fused-ring (bicyclic) bond motifs is 1. The van der Waals surface area contributed by atoms with Crippen molar-refractivity contribution < 1.29 is 5.32 Å². The fraction of sp³-hybridized carbons (Fsp3) is 0.600. The summed E-state index contributed by atoms with van der Waals surface area (Å²) in [5.74, 6) is 4.28. The predicted molar refractivity (Wildman–Crippen MR) is 89.6 cm³/mol. The first kappa shape index (κ1) is 13.2. The number of quaternary nitrogens is 1. The molecule has 4 aliphatic carbocycles. The van der Waals surface area contributed by atoms with Crippen molar-refractivity contribution in [2.45, 2.75) is 44.6 Å². The number of aromatic amines is 1. The maximum atomic E-state index is 3.41. The van der Waals surface area contributed by atoms with Gasteiger partial charge in [0.05, 0.1) is 12.6 Å². The third kappa shape index (κ3) is 2.11. The smallest absolute Gasteiger partial charge is 0.0916 e. The lowest BCUT2D eigenvalue weighted by Gasteiger charge is -2.52. The van der Waals surface area contributed by atoms with Gasteiger partial charge in [0.15, 0.2) is 0 Å². The van der Waals surface area contributed by atoms with E-state index in [1.807, 2.05) is 0 Å². The van der Waals surface area contributed by atoms with Gasteiger partial charge >= 0.3 is 0 Å². The molecule has 4 bridgehead atoms. The van der Waals surface area contributed by atoms with Crippen LogP contribution in [0.2, 0.25) is 0 Å². The highest BCUT2D eigenvalue weighted by Gasteiger charge is 2.49. The van der Waals surface area contributed by atoms with Gasteiger partial charge < -0.3 is 10.3 Å². The Morgan fingerprint density at radius 2 is 1.68 bits per heavy atom. The summed E-state index contributed by atoms with van der Waals surface area (Å²) in [5, 5.41) is 4.13. The summed E-state index contributed by atoms with van der Waals surface area (Å²) in [7, 11) is 0. The van der Waals surface area contributed by atoms with Crippen molar-refractivity contribution in [3.63, 3.8) is 0 Å². The molecule has 2 nitrogen and oxygen atoms in total. The average Bonchev–Trinajstić information content (AvgIpc) is 2.93. The van der Waals surface area contributed by atoms with Crippen LogP contribution in [0.15, 0.2) is 30.5 Å². The summed E-state index contributed by atoms with van der Waals surface area (Å²) in [6.45, 7) is 1.26. The number of benzene rings is 1. The maximum Gasteiger partial charge on any atom is 0.0916 e. The van der Waals surface area contributed by atoms with Crippen molar-refractivity contribution in [2.24, 2.45) is 23.7 Å². The molecule has 116 valence electrons. The Balaban J connectivity index is 1.25. The molecule has 0 spiro atoms. The molecule has 1 aromatic heterocycles. The molecule has 22 heavy (non-hydrogen) atoms. The predicted octanol–water partition coefficient (Wildman–Crippen LogP) is 3.10. The van der Waals surface area contributed by atoms with Crippen LogP contribution in [0, 0.1) is 23.7 Å². The highest BCUT2D eigenvalue weighted by molar-refractivity contribution is 5.82. The van der Waals surface area contributed by atoms with Crippen molar-refractivity contribution in [3.05, 3.63) is 36.0 Å². The molecule has 0 saturated heterocycles. The van der Waals surface area contributed by atoms with E-state index >= 15 is 0 Å². The number of H-pyrrole nitrogens is 1.